The molecule has 2 aromatic rings. The molecule has 0 saturated carbocycles. The highest BCUT2D eigenvalue weighted by atomic mass is 32.1. The normalized spacial score (nSPS) is 16.8. The summed E-state index contributed by atoms with van der Waals surface area (Å²) in [6.45, 7) is 2.97. The Morgan fingerprint density at radius 3 is 2.57 bits per heavy atom. The summed E-state index contributed by atoms with van der Waals surface area (Å²) in [6.07, 6.45) is 2.28. The fourth-order valence-electron chi connectivity index (χ4n) is 2.66. The maximum Gasteiger partial charge on any atom is 0.348 e. The van der Waals surface area contributed by atoms with Gasteiger partial charge in [0.25, 0.3) is 0 Å². The van der Waals surface area contributed by atoms with Gasteiger partial charge in [0.15, 0.2) is 0 Å². The fraction of sp³-hybridized carbons (Fsp3) is 0.353. The number of likely N-dealkylation sites (tertiary alicyclic amines) is 1. The van der Waals surface area contributed by atoms with Gasteiger partial charge in [-0.25, -0.2) is 4.79 Å². The van der Waals surface area contributed by atoms with Gasteiger partial charge in [-0.1, -0.05) is 36.4 Å². The number of thiophene rings is 1. The van der Waals surface area contributed by atoms with E-state index in [-0.39, 0.29) is 12.1 Å². The van der Waals surface area contributed by atoms with Crippen LogP contribution in [-0.4, -0.2) is 30.5 Å². The lowest BCUT2D eigenvalue weighted by Gasteiger charge is -2.23. The van der Waals surface area contributed by atoms with Crippen LogP contribution in [0.5, 0.6) is 0 Å². The van der Waals surface area contributed by atoms with Crippen molar-refractivity contribution >= 4 is 17.3 Å². The third-order valence-corrected chi connectivity index (χ3v) is 4.62. The Kier molecular flexibility index (Phi) is 4.68. The Morgan fingerprint density at radius 2 is 1.90 bits per heavy atom. The third-order valence-electron chi connectivity index (χ3n) is 3.77. The van der Waals surface area contributed by atoms with E-state index in [4.69, 9.17) is 4.74 Å². The number of esters is 1. The van der Waals surface area contributed by atoms with Crippen molar-refractivity contribution < 1.29 is 9.53 Å². The van der Waals surface area contributed by atoms with Crippen LogP contribution in [0.15, 0.2) is 47.8 Å². The third kappa shape index (κ3) is 3.71. The van der Waals surface area contributed by atoms with Crippen LogP contribution < -0.4 is 0 Å². The number of ether oxygens (including phenoxy) is 1. The number of nitrogens with zero attached hydrogens (tertiary/aromatic N) is 1. The van der Waals surface area contributed by atoms with Crippen LogP contribution in [-0.2, 0) is 4.74 Å². The zero-order chi connectivity index (χ0) is 14.5. The maximum atomic E-state index is 12.2. The van der Waals surface area contributed by atoms with Crippen LogP contribution in [0.25, 0.3) is 0 Å². The van der Waals surface area contributed by atoms with E-state index in [0.29, 0.717) is 4.88 Å². The first-order valence-electron chi connectivity index (χ1n) is 7.35. The minimum atomic E-state index is -0.224. The van der Waals surface area contributed by atoms with Crippen LogP contribution >= 0.6 is 11.3 Å². The lowest BCUT2D eigenvalue weighted by molar-refractivity contribution is 0.0222. The molecule has 1 atom stereocenters. The average Bonchev–Trinajstić information content (AvgIpc) is 3.21. The van der Waals surface area contributed by atoms with Crippen LogP contribution in [0.1, 0.15) is 34.2 Å². The Morgan fingerprint density at radius 1 is 1.14 bits per heavy atom. The van der Waals surface area contributed by atoms with E-state index in [1.165, 1.54) is 24.2 Å². The van der Waals surface area contributed by atoms with Gasteiger partial charge in [-0.3, -0.25) is 4.90 Å². The Hall–Kier alpha value is -1.65. The van der Waals surface area contributed by atoms with Gasteiger partial charge in [0, 0.05) is 6.54 Å². The van der Waals surface area contributed by atoms with E-state index < -0.39 is 0 Å². The van der Waals surface area contributed by atoms with E-state index >= 15 is 0 Å². The molecule has 0 N–H and O–H groups in total. The summed E-state index contributed by atoms with van der Waals surface area (Å²) in [6, 6.07) is 13.7. The molecule has 1 aromatic heterocycles. The molecule has 0 aliphatic carbocycles. The summed E-state index contributed by atoms with van der Waals surface area (Å²) in [5.41, 5.74) is 1.06. The predicted octanol–water partition coefficient (Wildman–Crippen LogP) is 3.74. The molecule has 1 fully saturated rings. The van der Waals surface area contributed by atoms with E-state index in [1.54, 1.807) is 0 Å². The van der Waals surface area contributed by atoms with Gasteiger partial charge < -0.3 is 4.74 Å². The molecule has 2 heterocycles. The monoisotopic (exact) mass is 301 g/mol. The molecule has 1 aliphatic rings. The highest BCUT2D eigenvalue weighted by molar-refractivity contribution is 7.11. The van der Waals surface area contributed by atoms with Crippen molar-refractivity contribution in [1.29, 1.82) is 0 Å². The summed E-state index contributed by atoms with van der Waals surface area (Å²) in [5, 5.41) is 1.90. The zero-order valence-corrected chi connectivity index (χ0v) is 12.7. The SMILES string of the molecule is O=C(OC(CN1CCCC1)c1ccccc1)c1cccs1. The number of benzene rings is 1. The maximum absolute atomic E-state index is 12.2. The summed E-state index contributed by atoms with van der Waals surface area (Å²) >= 11 is 1.42. The molecule has 1 aliphatic heterocycles. The topological polar surface area (TPSA) is 29.5 Å². The molecule has 0 bridgehead atoms. The van der Waals surface area contributed by atoms with Gasteiger partial charge in [0.2, 0.25) is 0 Å². The summed E-state index contributed by atoms with van der Waals surface area (Å²) < 4.78 is 5.77. The van der Waals surface area contributed by atoms with Crippen molar-refractivity contribution in [1.82, 2.24) is 4.90 Å². The standard InChI is InChI=1S/C17H19NO2S/c19-17(16-9-6-12-21-16)20-15(13-18-10-4-5-11-18)14-7-2-1-3-8-14/h1-3,6-9,12,15H,4-5,10-11,13H2. The van der Waals surface area contributed by atoms with Crippen LogP contribution in [0, 0.1) is 0 Å². The molecule has 4 heteroatoms. The minimum Gasteiger partial charge on any atom is -0.452 e. The number of carbonyl (C=O) groups excluding carboxylic acids is 1. The first-order chi connectivity index (χ1) is 10.3. The highest BCUT2D eigenvalue weighted by Crippen LogP contribution is 2.23. The molecule has 1 saturated heterocycles. The van der Waals surface area contributed by atoms with E-state index in [2.05, 4.69) is 4.90 Å². The summed E-state index contributed by atoms with van der Waals surface area (Å²) in [4.78, 5) is 15.3. The number of hydrogen-bond acceptors (Lipinski definition) is 4. The highest BCUT2D eigenvalue weighted by Gasteiger charge is 2.23. The van der Waals surface area contributed by atoms with E-state index in [9.17, 15) is 4.79 Å². The quantitative estimate of drug-likeness (QED) is 0.788. The van der Waals surface area contributed by atoms with Crippen molar-refractivity contribution in [3.05, 3.63) is 58.3 Å². The molecule has 0 radical (unpaired) electrons. The molecule has 110 valence electrons. The number of rotatable bonds is 5. The molecule has 1 unspecified atom stereocenters. The Balaban J connectivity index is 1.73. The second kappa shape index (κ2) is 6.87. The van der Waals surface area contributed by atoms with E-state index in [0.717, 1.165) is 25.2 Å². The van der Waals surface area contributed by atoms with Crippen LogP contribution in [0.2, 0.25) is 0 Å². The Labute approximate surface area is 129 Å². The van der Waals surface area contributed by atoms with Gasteiger partial charge in [0.1, 0.15) is 11.0 Å². The second-order valence-electron chi connectivity index (χ2n) is 5.29. The average molecular weight is 301 g/mol. The first-order valence-corrected chi connectivity index (χ1v) is 8.23. The number of hydrogen-bond donors (Lipinski definition) is 0. The summed E-state index contributed by atoms with van der Waals surface area (Å²) in [7, 11) is 0. The summed E-state index contributed by atoms with van der Waals surface area (Å²) in [5.74, 6) is -0.224. The van der Waals surface area contributed by atoms with Crippen molar-refractivity contribution in [2.45, 2.75) is 18.9 Å². The van der Waals surface area contributed by atoms with Crippen LogP contribution in [0.3, 0.4) is 0 Å². The lowest BCUT2D eigenvalue weighted by Crippen LogP contribution is -2.28. The Bertz CT molecular complexity index is 562. The zero-order valence-electron chi connectivity index (χ0n) is 11.9. The predicted molar refractivity (Wildman–Crippen MR) is 84.6 cm³/mol. The second-order valence-corrected chi connectivity index (χ2v) is 6.24. The molecule has 3 rings (SSSR count). The first kappa shape index (κ1) is 14.3. The molecule has 3 nitrogen and oxygen atoms in total. The molecular weight excluding hydrogens is 282 g/mol. The van der Waals surface area contributed by atoms with Crippen LogP contribution in [0.4, 0.5) is 0 Å². The van der Waals surface area contributed by atoms with Gasteiger partial charge >= 0.3 is 5.97 Å². The van der Waals surface area contributed by atoms with Gasteiger partial charge in [-0.2, -0.15) is 0 Å². The molecule has 0 spiro atoms. The molecule has 0 amide bonds. The van der Waals surface area contributed by atoms with E-state index in [1.807, 2.05) is 47.8 Å². The molecule has 21 heavy (non-hydrogen) atoms. The smallest absolute Gasteiger partial charge is 0.348 e. The lowest BCUT2D eigenvalue weighted by atomic mass is 10.1. The van der Waals surface area contributed by atoms with Crippen molar-refractivity contribution in [2.24, 2.45) is 0 Å². The fourth-order valence-corrected chi connectivity index (χ4v) is 3.27. The number of carbonyl (C=O) groups is 1. The van der Waals surface area contributed by atoms with Gasteiger partial charge in [-0.05, 0) is 42.9 Å². The molecule has 1 aromatic carbocycles. The van der Waals surface area contributed by atoms with Crippen molar-refractivity contribution in [3.8, 4) is 0 Å². The largest absolute Gasteiger partial charge is 0.452 e. The van der Waals surface area contributed by atoms with Crippen molar-refractivity contribution in [3.63, 3.8) is 0 Å². The van der Waals surface area contributed by atoms with Gasteiger partial charge in [0.05, 0.1) is 0 Å². The minimum absolute atomic E-state index is 0.195. The molecular formula is C17H19NO2S. The van der Waals surface area contributed by atoms with Gasteiger partial charge in [-0.15, -0.1) is 11.3 Å². The van der Waals surface area contributed by atoms with Crippen molar-refractivity contribution in [2.75, 3.05) is 19.6 Å².